The fourth-order valence-electron chi connectivity index (χ4n) is 2.96. The average Bonchev–Trinajstić information content (AvgIpc) is 2.61. The van der Waals surface area contributed by atoms with E-state index in [-0.39, 0.29) is 18.9 Å². The second kappa shape index (κ2) is 7.16. The number of fused-ring (bicyclic) bond motifs is 1. The van der Waals surface area contributed by atoms with Gasteiger partial charge in [-0.2, -0.15) is 0 Å². The Kier molecular flexibility index (Phi) is 4.79. The molecule has 1 aromatic carbocycles. The van der Waals surface area contributed by atoms with Gasteiger partial charge in [0.25, 0.3) is 0 Å². The second-order valence-electron chi connectivity index (χ2n) is 5.71. The number of pyridine rings is 1. The van der Waals surface area contributed by atoms with E-state index in [9.17, 15) is 9.59 Å². The van der Waals surface area contributed by atoms with Crippen molar-refractivity contribution in [3.05, 3.63) is 36.5 Å². The van der Waals surface area contributed by atoms with Gasteiger partial charge in [0.2, 0.25) is 5.91 Å². The van der Waals surface area contributed by atoms with Crippen LogP contribution in [0.4, 0.5) is 10.6 Å². The maximum absolute atomic E-state index is 12.1. The van der Waals surface area contributed by atoms with Gasteiger partial charge in [-0.1, -0.05) is 24.3 Å². The lowest BCUT2D eigenvalue weighted by molar-refractivity contribution is -0.131. The van der Waals surface area contributed by atoms with Crippen LogP contribution in [0, 0.1) is 0 Å². The molecule has 1 saturated heterocycles. The van der Waals surface area contributed by atoms with E-state index in [1.165, 1.54) is 0 Å². The van der Waals surface area contributed by atoms with Crippen molar-refractivity contribution in [2.75, 3.05) is 37.6 Å². The number of anilines is 1. The number of hydrogen-bond acceptors (Lipinski definition) is 4. The van der Waals surface area contributed by atoms with Gasteiger partial charge in [0.1, 0.15) is 5.82 Å². The first kappa shape index (κ1) is 16.0. The highest BCUT2D eigenvalue weighted by Crippen LogP contribution is 2.24. The molecular formula is C17H20N4O3. The molecule has 1 aliphatic rings. The topological polar surface area (TPSA) is 85.8 Å². The van der Waals surface area contributed by atoms with Gasteiger partial charge in [0.15, 0.2) is 0 Å². The Hall–Kier alpha value is -2.83. The lowest BCUT2D eigenvalue weighted by Crippen LogP contribution is -2.49. The molecule has 0 saturated carbocycles. The zero-order valence-electron chi connectivity index (χ0n) is 13.3. The summed E-state index contributed by atoms with van der Waals surface area (Å²) in [4.78, 5) is 31.0. The van der Waals surface area contributed by atoms with Gasteiger partial charge in [0, 0.05) is 50.7 Å². The van der Waals surface area contributed by atoms with Crippen molar-refractivity contribution in [3.63, 3.8) is 0 Å². The van der Waals surface area contributed by atoms with Gasteiger partial charge in [-0.15, -0.1) is 0 Å². The van der Waals surface area contributed by atoms with Crippen LogP contribution in [0.3, 0.4) is 0 Å². The van der Waals surface area contributed by atoms with Gasteiger partial charge >= 0.3 is 6.09 Å². The van der Waals surface area contributed by atoms with Crippen molar-refractivity contribution in [1.82, 2.24) is 15.2 Å². The minimum Gasteiger partial charge on any atom is -0.465 e. The quantitative estimate of drug-likeness (QED) is 0.889. The van der Waals surface area contributed by atoms with E-state index >= 15 is 0 Å². The highest BCUT2D eigenvalue weighted by molar-refractivity contribution is 5.92. The van der Waals surface area contributed by atoms with Gasteiger partial charge in [0.05, 0.1) is 0 Å². The van der Waals surface area contributed by atoms with Crippen molar-refractivity contribution >= 4 is 28.6 Å². The molecule has 2 aromatic rings. The summed E-state index contributed by atoms with van der Waals surface area (Å²) in [6, 6.07) is 10.1. The number of carbonyl (C=O) groups excluding carboxylic acids is 1. The highest BCUT2D eigenvalue weighted by Gasteiger charge is 2.22. The van der Waals surface area contributed by atoms with E-state index in [0.717, 1.165) is 29.7 Å². The first-order valence-corrected chi connectivity index (χ1v) is 7.98. The fraction of sp³-hybridized carbons (Fsp3) is 0.353. The van der Waals surface area contributed by atoms with Crippen LogP contribution in [0.15, 0.2) is 36.5 Å². The van der Waals surface area contributed by atoms with E-state index in [4.69, 9.17) is 5.11 Å². The van der Waals surface area contributed by atoms with Crippen LogP contribution in [-0.2, 0) is 4.79 Å². The molecule has 126 valence electrons. The van der Waals surface area contributed by atoms with E-state index in [2.05, 4.69) is 27.3 Å². The predicted molar refractivity (Wildman–Crippen MR) is 91.2 cm³/mol. The van der Waals surface area contributed by atoms with E-state index in [1.807, 2.05) is 24.4 Å². The number of nitrogens with zero attached hydrogens (tertiary/aromatic N) is 3. The molecule has 1 aliphatic heterocycles. The average molecular weight is 328 g/mol. The van der Waals surface area contributed by atoms with Crippen LogP contribution in [-0.4, -0.2) is 59.7 Å². The molecule has 0 aliphatic carbocycles. The smallest absolute Gasteiger partial charge is 0.404 e. The summed E-state index contributed by atoms with van der Waals surface area (Å²) in [7, 11) is 0. The molecule has 24 heavy (non-hydrogen) atoms. The normalized spacial score (nSPS) is 14.7. The fourth-order valence-corrected chi connectivity index (χ4v) is 2.96. The number of benzene rings is 1. The van der Waals surface area contributed by atoms with Crippen LogP contribution in [0.5, 0.6) is 0 Å². The van der Waals surface area contributed by atoms with Crippen molar-refractivity contribution in [2.24, 2.45) is 0 Å². The first-order valence-electron chi connectivity index (χ1n) is 7.98. The molecule has 0 atom stereocenters. The molecule has 0 bridgehead atoms. The first-order chi connectivity index (χ1) is 11.6. The molecule has 2 heterocycles. The highest BCUT2D eigenvalue weighted by atomic mass is 16.4. The number of piperazine rings is 1. The summed E-state index contributed by atoms with van der Waals surface area (Å²) in [6.45, 7) is 2.84. The Bertz CT molecular complexity index is 736. The maximum Gasteiger partial charge on any atom is 0.404 e. The van der Waals surface area contributed by atoms with Gasteiger partial charge in [-0.3, -0.25) is 4.79 Å². The molecule has 2 N–H and O–H groups in total. The van der Waals surface area contributed by atoms with Crippen LogP contribution in [0.25, 0.3) is 10.8 Å². The largest absolute Gasteiger partial charge is 0.465 e. The van der Waals surface area contributed by atoms with Crippen molar-refractivity contribution < 1.29 is 14.7 Å². The zero-order valence-corrected chi connectivity index (χ0v) is 13.3. The number of carboxylic acid groups (broad SMARTS) is 1. The summed E-state index contributed by atoms with van der Waals surface area (Å²) in [5.41, 5.74) is 0. The summed E-state index contributed by atoms with van der Waals surface area (Å²) in [5.74, 6) is 0.932. The van der Waals surface area contributed by atoms with E-state index in [0.29, 0.717) is 13.1 Å². The molecule has 7 heteroatoms. The van der Waals surface area contributed by atoms with E-state index in [1.54, 1.807) is 4.90 Å². The lowest BCUT2D eigenvalue weighted by atomic mass is 10.1. The Morgan fingerprint density at radius 1 is 1.12 bits per heavy atom. The van der Waals surface area contributed by atoms with Gasteiger partial charge in [-0.25, -0.2) is 9.78 Å². The third kappa shape index (κ3) is 3.56. The standard InChI is InChI=1S/C17H20N4O3/c22-15(6-8-19-17(23)24)20-9-11-21(12-10-20)16-14-4-2-1-3-13(14)5-7-18-16/h1-5,7,19H,6,8-12H2,(H,23,24). The summed E-state index contributed by atoms with van der Waals surface area (Å²) < 4.78 is 0. The molecular weight excluding hydrogens is 308 g/mol. The van der Waals surface area contributed by atoms with Crippen LogP contribution < -0.4 is 10.2 Å². The molecule has 3 rings (SSSR count). The Balaban J connectivity index is 1.60. The Morgan fingerprint density at radius 2 is 1.88 bits per heavy atom. The van der Waals surface area contributed by atoms with Gasteiger partial charge in [-0.05, 0) is 11.5 Å². The summed E-state index contributed by atoms with van der Waals surface area (Å²) in [6.07, 6.45) is 0.903. The number of nitrogens with one attached hydrogen (secondary N) is 1. The third-order valence-corrected chi connectivity index (χ3v) is 4.20. The van der Waals surface area contributed by atoms with Crippen LogP contribution in [0.1, 0.15) is 6.42 Å². The minimum absolute atomic E-state index is 0.0192. The van der Waals surface area contributed by atoms with Crippen LogP contribution >= 0.6 is 0 Å². The minimum atomic E-state index is -1.10. The summed E-state index contributed by atoms with van der Waals surface area (Å²) in [5, 5.41) is 13.0. The zero-order chi connectivity index (χ0) is 16.9. The molecule has 2 amide bonds. The molecule has 1 aromatic heterocycles. The molecule has 0 unspecified atom stereocenters. The third-order valence-electron chi connectivity index (χ3n) is 4.20. The number of amides is 2. The lowest BCUT2D eigenvalue weighted by Gasteiger charge is -2.36. The predicted octanol–water partition coefficient (Wildman–Crippen LogP) is 1.54. The van der Waals surface area contributed by atoms with E-state index < -0.39 is 6.09 Å². The van der Waals surface area contributed by atoms with Gasteiger partial charge < -0.3 is 20.2 Å². The Labute approximate surface area is 139 Å². The molecule has 0 radical (unpaired) electrons. The number of hydrogen-bond donors (Lipinski definition) is 2. The van der Waals surface area contributed by atoms with Crippen molar-refractivity contribution in [1.29, 1.82) is 0 Å². The monoisotopic (exact) mass is 328 g/mol. The number of rotatable bonds is 4. The molecule has 1 fully saturated rings. The summed E-state index contributed by atoms with van der Waals surface area (Å²) >= 11 is 0. The number of carbonyl (C=O) groups is 2. The van der Waals surface area contributed by atoms with Crippen LogP contribution in [0.2, 0.25) is 0 Å². The molecule has 0 spiro atoms. The molecule has 7 nitrogen and oxygen atoms in total. The SMILES string of the molecule is O=C(O)NCCC(=O)N1CCN(c2nccc3ccccc23)CC1. The van der Waals surface area contributed by atoms with Crippen molar-refractivity contribution in [2.45, 2.75) is 6.42 Å². The number of aromatic nitrogens is 1. The Morgan fingerprint density at radius 3 is 2.62 bits per heavy atom. The second-order valence-corrected chi connectivity index (χ2v) is 5.71. The maximum atomic E-state index is 12.1. The van der Waals surface area contributed by atoms with Crippen molar-refractivity contribution in [3.8, 4) is 0 Å².